The van der Waals surface area contributed by atoms with Crippen molar-refractivity contribution in [3.05, 3.63) is 64.7 Å². The molecule has 1 aliphatic rings. The van der Waals surface area contributed by atoms with Gasteiger partial charge in [-0.25, -0.2) is 0 Å². The van der Waals surface area contributed by atoms with E-state index in [1.165, 1.54) is 27.1 Å². The van der Waals surface area contributed by atoms with Gasteiger partial charge in [-0.3, -0.25) is 4.79 Å². The summed E-state index contributed by atoms with van der Waals surface area (Å²) in [6, 6.07) is 15.1. The minimum Gasteiger partial charge on any atom is -0.337 e. The number of aryl methyl sites for hydroxylation is 1. The van der Waals surface area contributed by atoms with Crippen molar-refractivity contribution >= 4 is 17.7 Å². The summed E-state index contributed by atoms with van der Waals surface area (Å²) in [6.45, 7) is 12.4. The largest absolute Gasteiger partial charge is 0.337 e. The van der Waals surface area contributed by atoms with Gasteiger partial charge in [-0.05, 0) is 54.0 Å². The van der Waals surface area contributed by atoms with Gasteiger partial charge in [0.1, 0.15) is 0 Å². The van der Waals surface area contributed by atoms with E-state index in [1.807, 2.05) is 11.8 Å². The minimum atomic E-state index is -0.0748. The number of fused-ring (bicyclic) bond motifs is 1. The Hall–Kier alpha value is -1.74. The molecule has 1 atom stereocenters. The Balaban J connectivity index is 1.72. The highest BCUT2D eigenvalue weighted by atomic mass is 32.2. The molecule has 3 heteroatoms. The Morgan fingerprint density at radius 2 is 1.81 bits per heavy atom. The zero-order valence-electron chi connectivity index (χ0n) is 16.5. The Kier molecular flexibility index (Phi) is 5.47. The fourth-order valence-corrected chi connectivity index (χ4v) is 4.46. The summed E-state index contributed by atoms with van der Waals surface area (Å²) in [5.41, 5.74) is 5.34. The SMILES string of the molecule is Cc1ccc(C(C)(C)C)cc1S[C@H](C)C(=O)N1CCc2ccccc2C1. The second kappa shape index (κ2) is 7.48. The van der Waals surface area contributed by atoms with E-state index in [1.54, 1.807) is 11.8 Å². The van der Waals surface area contributed by atoms with E-state index in [0.717, 1.165) is 19.5 Å². The number of benzene rings is 2. The third-order valence-corrected chi connectivity index (χ3v) is 6.40. The number of hydrogen-bond donors (Lipinski definition) is 0. The van der Waals surface area contributed by atoms with Crippen molar-refractivity contribution < 1.29 is 4.79 Å². The summed E-state index contributed by atoms with van der Waals surface area (Å²) in [5.74, 6) is 0.241. The van der Waals surface area contributed by atoms with Gasteiger partial charge < -0.3 is 4.90 Å². The van der Waals surface area contributed by atoms with Gasteiger partial charge in [0.25, 0.3) is 0 Å². The molecule has 0 saturated carbocycles. The topological polar surface area (TPSA) is 20.3 Å². The molecular weight excluding hydrogens is 338 g/mol. The lowest BCUT2D eigenvalue weighted by atomic mass is 9.87. The van der Waals surface area contributed by atoms with Crippen LogP contribution in [0.4, 0.5) is 0 Å². The van der Waals surface area contributed by atoms with Crippen LogP contribution in [0.15, 0.2) is 47.4 Å². The molecule has 1 heterocycles. The number of carbonyl (C=O) groups is 1. The van der Waals surface area contributed by atoms with Crippen LogP contribution < -0.4 is 0 Å². The Morgan fingerprint density at radius 3 is 2.50 bits per heavy atom. The molecule has 3 rings (SSSR count). The zero-order chi connectivity index (χ0) is 18.9. The normalized spacial score (nSPS) is 15.5. The van der Waals surface area contributed by atoms with Crippen LogP contribution in [0.25, 0.3) is 0 Å². The highest BCUT2D eigenvalue weighted by Crippen LogP contribution is 2.33. The fourth-order valence-electron chi connectivity index (χ4n) is 3.38. The maximum Gasteiger partial charge on any atom is 0.236 e. The Labute approximate surface area is 162 Å². The molecule has 0 unspecified atom stereocenters. The summed E-state index contributed by atoms with van der Waals surface area (Å²) < 4.78 is 0. The first-order valence-corrected chi connectivity index (χ1v) is 10.3. The van der Waals surface area contributed by atoms with Gasteiger partial charge in [0.2, 0.25) is 5.91 Å². The van der Waals surface area contributed by atoms with Crippen LogP contribution in [0.1, 0.15) is 49.9 Å². The van der Waals surface area contributed by atoms with Crippen molar-refractivity contribution in [3.63, 3.8) is 0 Å². The quantitative estimate of drug-likeness (QED) is 0.681. The molecule has 0 bridgehead atoms. The molecule has 0 spiro atoms. The van der Waals surface area contributed by atoms with Crippen LogP contribution in [0.5, 0.6) is 0 Å². The molecule has 26 heavy (non-hydrogen) atoms. The van der Waals surface area contributed by atoms with E-state index < -0.39 is 0 Å². The molecule has 1 amide bonds. The second-order valence-electron chi connectivity index (χ2n) is 8.27. The van der Waals surface area contributed by atoms with Crippen molar-refractivity contribution in [2.45, 2.75) is 63.1 Å². The molecule has 0 fully saturated rings. The molecule has 0 saturated heterocycles. The van der Waals surface area contributed by atoms with Gasteiger partial charge in [0.15, 0.2) is 0 Å². The number of thioether (sulfide) groups is 1. The van der Waals surface area contributed by atoms with Gasteiger partial charge >= 0.3 is 0 Å². The van der Waals surface area contributed by atoms with Gasteiger partial charge in [-0.1, -0.05) is 57.2 Å². The highest BCUT2D eigenvalue weighted by molar-refractivity contribution is 8.00. The Morgan fingerprint density at radius 1 is 1.12 bits per heavy atom. The predicted octanol–water partition coefficient (Wildman–Crippen LogP) is 5.36. The van der Waals surface area contributed by atoms with Crippen molar-refractivity contribution in [1.82, 2.24) is 4.90 Å². The smallest absolute Gasteiger partial charge is 0.236 e. The molecule has 0 aromatic heterocycles. The van der Waals surface area contributed by atoms with E-state index >= 15 is 0 Å². The summed E-state index contributed by atoms with van der Waals surface area (Å²) in [4.78, 5) is 16.2. The van der Waals surface area contributed by atoms with Gasteiger partial charge in [-0.2, -0.15) is 0 Å². The monoisotopic (exact) mass is 367 g/mol. The summed E-state index contributed by atoms with van der Waals surface area (Å²) in [6.07, 6.45) is 0.956. The van der Waals surface area contributed by atoms with E-state index in [4.69, 9.17) is 0 Å². The standard InChI is InChI=1S/C23H29NOS/c1-16-10-11-20(23(3,4)5)14-21(16)26-17(2)22(25)24-13-12-18-8-6-7-9-19(18)15-24/h6-11,14,17H,12-13,15H2,1-5H3/t17-/m1/s1. The first kappa shape index (κ1) is 19.0. The van der Waals surface area contributed by atoms with E-state index in [-0.39, 0.29) is 16.6 Å². The predicted molar refractivity (Wildman–Crippen MR) is 111 cm³/mol. The van der Waals surface area contributed by atoms with Crippen LogP contribution in [0.2, 0.25) is 0 Å². The van der Waals surface area contributed by atoms with Crippen LogP contribution in [-0.2, 0) is 23.2 Å². The molecular formula is C23H29NOS. The van der Waals surface area contributed by atoms with Gasteiger partial charge in [-0.15, -0.1) is 11.8 Å². The molecule has 1 aliphatic heterocycles. The van der Waals surface area contributed by atoms with Crippen molar-refractivity contribution in [3.8, 4) is 0 Å². The van der Waals surface area contributed by atoms with Crippen molar-refractivity contribution in [2.24, 2.45) is 0 Å². The van der Waals surface area contributed by atoms with E-state index in [2.05, 4.69) is 70.2 Å². The number of nitrogens with zero attached hydrogens (tertiary/aromatic N) is 1. The van der Waals surface area contributed by atoms with Crippen LogP contribution in [0.3, 0.4) is 0 Å². The molecule has 138 valence electrons. The van der Waals surface area contributed by atoms with Crippen molar-refractivity contribution in [2.75, 3.05) is 6.54 Å². The fraction of sp³-hybridized carbons (Fsp3) is 0.435. The number of carbonyl (C=O) groups excluding carboxylic acids is 1. The number of rotatable bonds is 3. The lowest BCUT2D eigenvalue weighted by Gasteiger charge is -2.31. The summed E-state index contributed by atoms with van der Waals surface area (Å²) in [5, 5.41) is -0.0748. The lowest BCUT2D eigenvalue weighted by molar-refractivity contribution is -0.131. The maximum absolute atomic E-state index is 13.0. The van der Waals surface area contributed by atoms with Gasteiger partial charge in [0.05, 0.1) is 5.25 Å². The highest BCUT2D eigenvalue weighted by Gasteiger charge is 2.26. The first-order chi connectivity index (χ1) is 12.3. The van der Waals surface area contributed by atoms with E-state index in [9.17, 15) is 4.79 Å². The molecule has 0 radical (unpaired) electrons. The zero-order valence-corrected chi connectivity index (χ0v) is 17.3. The molecule has 2 aromatic rings. The Bertz CT molecular complexity index is 806. The summed E-state index contributed by atoms with van der Waals surface area (Å²) in [7, 11) is 0. The number of hydrogen-bond acceptors (Lipinski definition) is 2. The van der Waals surface area contributed by atoms with Crippen molar-refractivity contribution in [1.29, 1.82) is 0 Å². The number of amides is 1. The molecule has 2 aromatic carbocycles. The third kappa shape index (κ3) is 4.15. The third-order valence-electron chi connectivity index (χ3n) is 5.15. The average Bonchev–Trinajstić information content (AvgIpc) is 2.61. The lowest BCUT2D eigenvalue weighted by Crippen LogP contribution is -2.40. The summed E-state index contributed by atoms with van der Waals surface area (Å²) >= 11 is 1.69. The maximum atomic E-state index is 13.0. The second-order valence-corrected chi connectivity index (χ2v) is 9.65. The van der Waals surface area contributed by atoms with Crippen LogP contribution >= 0.6 is 11.8 Å². The molecule has 2 nitrogen and oxygen atoms in total. The average molecular weight is 368 g/mol. The van der Waals surface area contributed by atoms with Crippen LogP contribution in [-0.4, -0.2) is 22.6 Å². The molecule has 0 aliphatic carbocycles. The molecule has 0 N–H and O–H groups in total. The first-order valence-electron chi connectivity index (χ1n) is 9.39. The minimum absolute atomic E-state index is 0.0748. The van der Waals surface area contributed by atoms with E-state index in [0.29, 0.717) is 0 Å². The van der Waals surface area contributed by atoms with Gasteiger partial charge in [0, 0.05) is 18.0 Å². The van der Waals surface area contributed by atoms with Crippen LogP contribution in [0, 0.1) is 6.92 Å².